The number of carbonyl (C=O) groups is 2. The average Bonchev–Trinajstić information content (AvgIpc) is 3.23. The number of pyridine rings is 1. The molecule has 7 heteroatoms. The molecular formula is C25H22N4O3. The van der Waals surface area contributed by atoms with Gasteiger partial charge in [0.2, 0.25) is 0 Å². The highest BCUT2D eigenvalue weighted by atomic mass is 16.3. The minimum Gasteiger partial charge on any atom is -0.344 e. The maximum Gasteiger partial charge on any atom is 0.316 e. The van der Waals surface area contributed by atoms with E-state index in [-0.39, 0.29) is 17.5 Å². The van der Waals surface area contributed by atoms with Gasteiger partial charge in [0.25, 0.3) is 5.91 Å². The normalized spacial score (nSPS) is 11.8. The molecule has 2 heterocycles. The van der Waals surface area contributed by atoms with Crippen LogP contribution in [0.4, 0.5) is 0 Å². The van der Waals surface area contributed by atoms with Gasteiger partial charge in [0.15, 0.2) is 5.69 Å². The third-order valence-electron chi connectivity index (χ3n) is 5.45. The fourth-order valence-corrected chi connectivity index (χ4v) is 3.65. The zero-order valence-electron chi connectivity index (χ0n) is 17.8. The van der Waals surface area contributed by atoms with Crippen molar-refractivity contribution < 1.29 is 9.59 Å². The van der Waals surface area contributed by atoms with Crippen molar-refractivity contribution in [1.29, 1.82) is 0 Å². The van der Waals surface area contributed by atoms with Gasteiger partial charge >= 0.3 is 5.91 Å². The van der Waals surface area contributed by atoms with Crippen LogP contribution in [0.1, 0.15) is 50.5 Å². The Morgan fingerprint density at radius 2 is 1.75 bits per heavy atom. The highest BCUT2D eigenvalue weighted by molar-refractivity contribution is 6.04. The van der Waals surface area contributed by atoms with Crippen molar-refractivity contribution in [3.05, 3.63) is 106 Å². The fourth-order valence-electron chi connectivity index (χ4n) is 3.65. The van der Waals surface area contributed by atoms with E-state index in [4.69, 9.17) is 0 Å². The maximum absolute atomic E-state index is 13.1. The van der Waals surface area contributed by atoms with Crippen molar-refractivity contribution in [2.24, 2.45) is 5.18 Å². The van der Waals surface area contributed by atoms with Crippen LogP contribution in [0.15, 0.2) is 78.2 Å². The summed E-state index contributed by atoms with van der Waals surface area (Å²) < 4.78 is 2.03. The van der Waals surface area contributed by atoms with Crippen molar-refractivity contribution >= 4 is 22.7 Å². The highest BCUT2D eigenvalue weighted by Crippen LogP contribution is 2.22. The number of carbonyl (C=O) groups excluding carboxylic acids is 2. The number of rotatable bonds is 6. The van der Waals surface area contributed by atoms with Gasteiger partial charge in [-0.05, 0) is 49.2 Å². The van der Waals surface area contributed by atoms with E-state index in [2.05, 4.69) is 39.7 Å². The summed E-state index contributed by atoms with van der Waals surface area (Å²) in [6, 6.07) is 18.3. The lowest BCUT2D eigenvalue weighted by Gasteiger charge is -2.15. The number of amides is 2. The summed E-state index contributed by atoms with van der Waals surface area (Å²) in [5.41, 5.74) is 4.46. The Kier molecular flexibility index (Phi) is 5.89. The van der Waals surface area contributed by atoms with Crippen LogP contribution in [-0.4, -0.2) is 21.4 Å². The molecule has 0 aliphatic carbocycles. The molecule has 0 bridgehead atoms. The zero-order valence-corrected chi connectivity index (χ0v) is 17.8. The van der Waals surface area contributed by atoms with E-state index < -0.39 is 5.91 Å². The van der Waals surface area contributed by atoms with Crippen LogP contribution in [0.3, 0.4) is 0 Å². The third kappa shape index (κ3) is 4.32. The van der Waals surface area contributed by atoms with Crippen LogP contribution in [0.5, 0.6) is 0 Å². The molecular weight excluding hydrogens is 404 g/mol. The van der Waals surface area contributed by atoms with Crippen LogP contribution >= 0.6 is 0 Å². The number of hydrogen-bond acceptors (Lipinski definition) is 4. The molecule has 0 spiro atoms. The van der Waals surface area contributed by atoms with E-state index in [1.54, 1.807) is 18.3 Å². The Labute approximate surface area is 185 Å². The van der Waals surface area contributed by atoms with E-state index in [0.29, 0.717) is 12.2 Å². The summed E-state index contributed by atoms with van der Waals surface area (Å²) in [7, 11) is 0. The van der Waals surface area contributed by atoms with Gasteiger partial charge < -0.3 is 9.88 Å². The van der Waals surface area contributed by atoms with Crippen LogP contribution < -0.4 is 5.32 Å². The molecule has 0 radical (unpaired) electrons. The van der Waals surface area contributed by atoms with Crippen molar-refractivity contribution in [3.63, 3.8) is 0 Å². The third-order valence-corrected chi connectivity index (χ3v) is 5.45. The summed E-state index contributed by atoms with van der Waals surface area (Å²) >= 11 is 0. The van der Waals surface area contributed by atoms with Crippen molar-refractivity contribution in [2.75, 3.05) is 0 Å². The second kappa shape index (κ2) is 8.93. The van der Waals surface area contributed by atoms with E-state index >= 15 is 0 Å². The number of hydrogen-bond donors (Lipinski definition) is 1. The van der Waals surface area contributed by atoms with Crippen molar-refractivity contribution in [3.8, 4) is 0 Å². The molecule has 0 unspecified atom stereocenters. The molecule has 0 saturated carbocycles. The molecule has 2 aromatic carbocycles. The summed E-state index contributed by atoms with van der Waals surface area (Å²) in [6.45, 7) is 4.52. The van der Waals surface area contributed by atoms with E-state index in [9.17, 15) is 14.5 Å². The molecule has 4 aromatic rings. The summed E-state index contributed by atoms with van der Waals surface area (Å²) in [5, 5.41) is 6.33. The number of nitrogens with one attached hydrogen (secondary N) is 1. The van der Waals surface area contributed by atoms with Crippen LogP contribution in [0.2, 0.25) is 0 Å². The first-order valence-electron chi connectivity index (χ1n) is 10.2. The van der Waals surface area contributed by atoms with Gasteiger partial charge in [-0.2, -0.15) is 0 Å². The Bertz CT molecular complexity index is 1290. The minimum absolute atomic E-state index is 0.211. The first kappa shape index (κ1) is 21.1. The Hall–Kier alpha value is -4.13. The van der Waals surface area contributed by atoms with Crippen LogP contribution in [-0.2, 0) is 6.54 Å². The van der Waals surface area contributed by atoms with E-state index in [0.717, 1.165) is 22.0 Å². The lowest BCUT2D eigenvalue weighted by molar-refractivity contribution is 0.0935. The molecule has 7 nitrogen and oxygen atoms in total. The van der Waals surface area contributed by atoms with Gasteiger partial charge in [-0.25, -0.2) is 4.98 Å². The summed E-state index contributed by atoms with van der Waals surface area (Å²) in [6.07, 6.45) is 3.59. The summed E-state index contributed by atoms with van der Waals surface area (Å²) in [5.74, 6) is -1.11. The number of benzene rings is 2. The first-order chi connectivity index (χ1) is 15.5. The topological polar surface area (TPSA) is 93.4 Å². The maximum atomic E-state index is 13.1. The predicted molar refractivity (Wildman–Crippen MR) is 122 cm³/mol. The average molecular weight is 426 g/mol. The molecule has 2 amide bonds. The van der Waals surface area contributed by atoms with Crippen LogP contribution in [0.25, 0.3) is 10.9 Å². The number of nitroso groups, excluding NO2 is 1. The Morgan fingerprint density at radius 3 is 2.44 bits per heavy atom. The smallest absolute Gasteiger partial charge is 0.316 e. The minimum atomic E-state index is -0.821. The molecule has 2 aromatic heterocycles. The molecule has 0 fully saturated rings. The largest absolute Gasteiger partial charge is 0.344 e. The predicted octanol–water partition coefficient (Wildman–Crippen LogP) is 4.79. The lowest BCUT2D eigenvalue weighted by atomic mass is 10.1. The van der Waals surface area contributed by atoms with Crippen molar-refractivity contribution in [2.45, 2.75) is 26.4 Å². The second-order valence-corrected chi connectivity index (χ2v) is 7.74. The second-order valence-electron chi connectivity index (χ2n) is 7.74. The molecule has 1 N–H and O–H groups in total. The number of aryl methyl sites for hydroxylation is 1. The van der Waals surface area contributed by atoms with Gasteiger partial charge in [-0.1, -0.05) is 42.0 Å². The number of nitrogens with zero attached hydrogens (tertiary/aromatic N) is 3. The summed E-state index contributed by atoms with van der Waals surface area (Å²) in [4.78, 5) is 39.3. The number of aromatic nitrogens is 2. The Morgan fingerprint density at radius 1 is 1.03 bits per heavy atom. The molecule has 4 rings (SSSR count). The van der Waals surface area contributed by atoms with Gasteiger partial charge in [0.05, 0.1) is 11.6 Å². The standard InChI is InChI=1S/C25H22N4O3/c1-16-3-5-18(6-4-16)15-29-14-12-20-11-13-26-22(23(20)29)25(31)27-17(2)19-7-9-21(10-8-19)24(30)28-32/h3-14,17H,15H2,1-2H3,(H,27,31)/t17-/m0/s1. The van der Waals surface area contributed by atoms with E-state index in [1.165, 1.54) is 17.7 Å². The Balaban J connectivity index is 1.58. The monoisotopic (exact) mass is 426 g/mol. The SMILES string of the molecule is Cc1ccc(Cn2ccc3ccnc(C(=O)N[C@@H](C)c4ccc(C(=O)N=O)cc4)c32)cc1. The molecule has 160 valence electrons. The zero-order chi connectivity index (χ0) is 22.7. The molecule has 0 aliphatic rings. The van der Waals surface area contributed by atoms with Gasteiger partial charge in [0.1, 0.15) is 0 Å². The van der Waals surface area contributed by atoms with Crippen LogP contribution in [0, 0.1) is 11.8 Å². The first-order valence-corrected chi connectivity index (χ1v) is 10.2. The van der Waals surface area contributed by atoms with Crippen molar-refractivity contribution in [1.82, 2.24) is 14.9 Å². The molecule has 32 heavy (non-hydrogen) atoms. The quantitative estimate of drug-likeness (QED) is 0.449. The van der Waals surface area contributed by atoms with Gasteiger partial charge in [-0.15, -0.1) is 4.91 Å². The fraction of sp³-hybridized carbons (Fsp3) is 0.160. The van der Waals surface area contributed by atoms with Gasteiger partial charge in [-0.3, -0.25) is 9.59 Å². The molecule has 0 aliphatic heterocycles. The number of fused-ring (bicyclic) bond motifs is 1. The lowest BCUT2D eigenvalue weighted by Crippen LogP contribution is -2.28. The van der Waals surface area contributed by atoms with Gasteiger partial charge in [0, 0.05) is 35.1 Å². The molecule has 1 atom stereocenters. The van der Waals surface area contributed by atoms with E-state index in [1.807, 2.05) is 36.7 Å². The molecule has 0 saturated heterocycles. The highest BCUT2D eigenvalue weighted by Gasteiger charge is 2.18.